The van der Waals surface area contributed by atoms with Crippen LogP contribution in [0.25, 0.3) is 0 Å². The molecule has 0 saturated heterocycles. The number of guanidine groups is 1. The van der Waals surface area contributed by atoms with Crippen molar-refractivity contribution in [2.45, 2.75) is 11.1 Å². The Kier molecular flexibility index (Phi) is 2.53. The van der Waals surface area contributed by atoms with Crippen LogP contribution in [0.5, 0.6) is 0 Å². The lowest BCUT2D eigenvalue weighted by Crippen LogP contribution is -2.35. The van der Waals surface area contributed by atoms with Crippen LogP contribution in [0.2, 0.25) is 0 Å². The van der Waals surface area contributed by atoms with E-state index in [1.54, 1.807) is 11.8 Å². The van der Waals surface area contributed by atoms with E-state index in [4.69, 9.17) is 5.73 Å². The molecule has 0 saturated carbocycles. The molecule has 2 aromatic carbocycles. The number of nitrogens with zero attached hydrogens (tertiary/aromatic N) is 3. The van der Waals surface area contributed by atoms with E-state index in [0.29, 0.717) is 5.96 Å². The molecule has 0 bridgehead atoms. The third-order valence-corrected chi connectivity index (χ3v) is 4.37. The number of hydrogen-bond donors (Lipinski definition) is 1. The molecule has 2 aliphatic heterocycles. The first-order valence-corrected chi connectivity index (χ1v) is 7.17. The van der Waals surface area contributed by atoms with Gasteiger partial charge in [0, 0.05) is 4.90 Å². The third kappa shape index (κ3) is 1.71. The topological polar surface area (TPSA) is 54.0 Å². The van der Waals surface area contributed by atoms with Gasteiger partial charge in [0.2, 0.25) is 5.96 Å². The maximum Gasteiger partial charge on any atom is 0.220 e. The second-order valence-electron chi connectivity index (χ2n) is 4.61. The summed E-state index contributed by atoms with van der Waals surface area (Å²) in [6, 6.07) is 18.4. The maximum atomic E-state index is 5.88. The molecule has 0 aliphatic carbocycles. The fraction of sp³-hybridized carbons (Fsp3) is 0.0667. The van der Waals surface area contributed by atoms with Crippen molar-refractivity contribution in [2.75, 3.05) is 4.90 Å². The maximum absolute atomic E-state index is 5.88. The summed E-state index contributed by atoms with van der Waals surface area (Å²) < 4.78 is 0. The fourth-order valence-corrected chi connectivity index (χ4v) is 3.51. The average Bonchev–Trinajstić information content (AvgIpc) is 2.85. The zero-order valence-corrected chi connectivity index (χ0v) is 11.4. The van der Waals surface area contributed by atoms with Gasteiger partial charge in [-0.05, 0) is 29.5 Å². The number of fused-ring (bicyclic) bond motifs is 3. The Hall–Kier alpha value is -2.27. The summed E-state index contributed by atoms with van der Waals surface area (Å²) in [6.07, 6.45) is -0.139. The van der Waals surface area contributed by atoms with Gasteiger partial charge >= 0.3 is 0 Å². The Balaban J connectivity index is 1.86. The molecule has 2 aliphatic rings. The molecule has 4 nitrogen and oxygen atoms in total. The highest BCUT2D eigenvalue weighted by atomic mass is 32.2. The van der Waals surface area contributed by atoms with Gasteiger partial charge in [-0.2, -0.15) is 4.99 Å². The smallest absolute Gasteiger partial charge is 0.220 e. The summed E-state index contributed by atoms with van der Waals surface area (Å²) in [7, 11) is 0. The molecule has 0 radical (unpaired) electrons. The number of anilines is 1. The summed E-state index contributed by atoms with van der Waals surface area (Å²) in [5, 5.41) is 0.896. The van der Waals surface area contributed by atoms with Crippen LogP contribution in [-0.2, 0) is 0 Å². The van der Waals surface area contributed by atoms with Crippen molar-refractivity contribution in [1.82, 2.24) is 0 Å². The number of rotatable bonds is 1. The van der Waals surface area contributed by atoms with E-state index < -0.39 is 0 Å². The number of para-hydroxylation sites is 1. The van der Waals surface area contributed by atoms with E-state index in [0.717, 1.165) is 16.4 Å². The van der Waals surface area contributed by atoms with Crippen LogP contribution in [0.15, 0.2) is 69.5 Å². The van der Waals surface area contributed by atoms with E-state index in [1.165, 1.54) is 4.90 Å². The van der Waals surface area contributed by atoms with Crippen molar-refractivity contribution >= 4 is 28.6 Å². The molecular formula is C15H12N4S. The van der Waals surface area contributed by atoms with Crippen LogP contribution >= 0.6 is 11.8 Å². The first-order chi connectivity index (χ1) is 9.83. The summed E-state index contributed by atoms with van der Waals surface area (Å²) >= 11 is 1.64. The highest BCUT2D eigenvalue weighted by Gasteiger charge is 2.35. The zero-order valence-electron chi connectivity index (χ0n) is 10.6. The standard InChI is InChI=1S/C15H12N4S/c16-14-17-13(10-6-2-1-3-7-10)19-11-8-4-5-9-12(11)20-15(19)18-14/h1-9,13H,(H2,16,17)/t13-/m0/s1. The lowest BCUT2D eigenvalue weighted by Gasteiger charge is -2.29. The Morgan fingerprint density at radius 1 is 1.00 bits per heavy atom. The van der Waals surface area contributed by atoms with Crippen molar-refractivity contribution in [2.24, 2.45) is 15.7 Å². The SMILES string of the molecule is NC1=N[C@H](c2ccccc2)N2C(=N1)Sc1ccccc12. The number of hydrogen-bond acceptors (Lipinski definition) is 5. The number of nitrogens with two attached hydrogens (primary N) is 1. The van der Waals surface area contributed by atoms with Crippen LogP contribution in [0.1, 0.15) is 11.7 Å². The summed E-state index contributed by atoms with van der Waals surface area (Å²) in [5.41, 5.74) is 8.13. The van der Waals surface area contributed by atoms with Gasteiger partial charge < -0.3 is 5.73 Å². The second kappa shape index (κ2) is 4.38. The normalized spacial score (nSPS) is 20.0. The van der Waals surface area contributed by atoms with Crippen molar-refractivity contribution in [1.29, 1.82) is 0 Å². The average molecular weight is 280 g/mol. The predicted molar refractivity (Wildman–Crippen MR) is 83.0 cm³/mol. The molecule has 0 fully saturated rings. The molecule has 5 heteroatoms. The van der Waals surface area contributed by atoms with Gasteiger partial charge in [-0.3, -0.25) is 4.90 Å². The van der Waals surface area contributed by atoms with Crippen LogP contribution in [0, 0.1) is 0 Å². The molecular weight excluding hydrogens is 268 g/mol. The first kappa shape index (κ1) is 11.5. The summed E-state index contributed by atoms with van der Waals surface area (Å²) in [4.78, 5) is 12.2. The van der Waals surface area contributed by atoms with Crippen molar-refractivity contribution in [3.63, 3.8) is 0 Å². The van der Waals surface area contributed by atoms with Gasteiger partial charge in [0.1, 0.15) is 0 Å². The van der Waals surface area contributed by atoms with Gasteiger partial charge in [-0.15, -0.1) is 0 Å². The second-order valence-corrected chi connectivity index (χ2v) is 5.61. The number of aliphatic imine (C=N–C) groups is 2. The highest BCUT2D eigenvalue weighted by molar-refractivity contribution is 8.14. The first-order valence-electron chi connectivity index (χ1n) is 6.36. The van der Waals surface area contributed by atoms with E-state index in [9.17, 15) is 0 Å². The molecule has 2 aromatic rings. The number of benzene rings is 2. The van der Waals surface area contributed by atoms with E-state index >= 15 is 0 Å². The van der Waals surface area contributed by atoms with E-state index in [2.05, 4.69) is 39.2 Å². The van der Waals surface area contributed by atoms with Gasteiger partial charge in [-0.25, -0.2) is 4.99 Å². The number of thioether (sulfide) groups is 1. The lowest BCUT2D eigenvalue weighted by molar-refractivity contribution is 0.745. The van der Waals surface area contributed by atoms with Gasteiger partial charge in [0.25, 0.3) is 0 Å². The van der Waals surface area contributed by atoms with Crippen molar-refractivity contribution in [3.8, 4) is 0 Å². The van der Waals surface area contributed by atoms with Gasteiger partial charge in [0.05, 0.1) is 5.69 Å². The molecule has 0 unspecified atom stereocenters. The monoisotopic (exact) mass is 280 g/mol. The van der Waals surface area contributed by atoms with Crippen molar-refractivity contribution < 1.29 is 0 Å². The Morgan fingerprint density at radius 3 is 2.60 bits per heavy atom. The van der Waals surface area contributed by atoms with Crippen molar-refractivity contribution in [3.05, 3.63) is 60.2 Å². The zero-order chi connectivity index (χ0) is 13.5. The Morgan fingerprint density at radius 2 is 1.75 bits per heavy atom. The van der Waals surface area contributed by atoms with Crippen LogP contribution < -0.4 is 10.6 Å². The summed E-state index contributed by atoms with van der Waals surface area (Å²) in [5.74, 6) is 0.338. The molecule has 98 valence electrons. The third-order valence-electron chi connectivity index (χ3n) is 3.34. The minimum atomic E-state index is -0.139. The largest absolute Gasteiger partial charge is 0.368 e. The molecule has 0 spiro atoms. The molecule has 20 heavy (non-hydrogen) atoms. The Labute approximate surface area is 121 Å². The van der Waals surface area contributed by atoms with Crippen LogP contribution in [0.3, 0.4) is 0 Å². The molecule has 2 heterocycles. The van der Waals surface area contributed by atoms with Crippen LogP contribution in [-0.4, -0.2) is 11.1 Å². The predicted octanol–water partition coefficient (Wildman–Crippen LogP) is 2.98. The quantitative estimate of drug-likeness (QED) is 0.873. The Bertz CT molecular complexity index is 724. The minimum Gasteiger partial charge on any atom is -0.368 e. The molecule has 1 atom stereocenters. The van der Waals surface area contributed by atoms with E-state index in [-0.39, 0.29) is 6.17 Å². The highest BCUT2D eigenvalue weighted by Crippen LogP contribution is 2.46. The van der Waals surface area contributed by atoms with Crippen LogP contribution in [0.4, 0.5) is 5.69 Å². The van der Waals surface area contributed by atoms with Gasteiger partial charge in [0.15, 0.2) is 11.3 Å². The number of amidine groups is 1. The molecule has 4 rings (SSSR count). The summed E-state index contributed by atoms with van der Waals surface area (Å²) in [6.45, 7) is 0. The van der Waals surface area contributed by atoms with E-state index in [1.807, 2.05) is 30.3 Å². The molecule has 2 N–H and O–H groups in total. The lowest BCUT2D eigenvalue weighted by atomic mass is 10.1. The molecule has 0 aromatic heterocycles. The molecule has 0 amide bonds. The minimum absolute atomic E-state index is 0.139. The van der Waals surface area contributed by atoms with Gasteiger partial charge in [-0.1, -0.05) is 42.5 Å². The fourth-order valence-electron chi connectivity index (χ4n) is 2.46.